The van der Waals surface area contributed by atoms with Crippen LogP contribution >= 0.6 is 0 Å². The molecular formula is C14H13N3O5. The van der Waals surface area contributed by atoms with Crippen molar-refractivity contribution in [3.63, 3.8) is 0 Å². The van der Waals surface area contributed by atoms with Crippen LogP contribution in [0, 0.1) is 10.1 Å². The number of hydrogen-bond donors (Lipinski definition) is 2. The Balaban J connectivity index is 2.56. The van der Waals surface area contributed by atoms with E-state index in [2.05, 4.69) is 4.98 Å². The Kier molecular flexibility index (Phi) is 4.21. The number of rotatable bonds is 5. The van der Waals surface area contributed by atoms with Crippen LogP contribution in [0.1, 0.15) is 27.8 Å². The van der Waals surface area contributed by atoms with Crippen molar-refractivity contribution >= 4 is 17.6 Å². The molecule has 1 heterocycles. The third-order valence-electron chi connectivity index (χ3n) is 2.99. The number of hydrogen-bond acceptors (Lipinski definition) is 5. The molecule has 0 bridgehead atoms. The third-order valence-corrected chi connectivity index (χ3v) is 2.99. The molecular weight excluding hydrogens is 290 g/mol. The predicted molar refractivity (Wildman–Crippen MR) is 77.4 cm³/mol. The molecule has 1 amide bonds. The molecule has 1 aromatic carbocycles. The molecule has 0 aliphatic heterocycles. The zero-order valence-electron chi connectivity index (χ0n) is 11.7. The van der Waals surface area contributed by atoms with Crippen LogP contribution in [0.3, 0.4) is 0 Å². The Morgan fingerprint density at radius 2 is 1.95 bits per heavy atom. The largest absolute Gasteiger partial charge is 0.462 e. The quantitative estimate of drug-likeness (QED) is 0.495. The van der Waals surface area contributed by atoms with Gasteiger partial charge in [-0.1, -0.05) is 0 Å². The van der Waals surface area contributed by atoms with Gasteiger partial charge in [-0.3, -0.25) is 14.9 Å². The van der Waals surface area contributed by atoms with Gasteiger partial charge in [-0.05, 0) is 24.6 Å². The molecule has 8 nitrogen and oxygen atoms in total. The number of carbonyl (C=O) groups excluding carboxylic acids is 2. The highest BCUT2D eigenvalue weighted by Crippen LogP contribution is 2.29. The first-order valence-electron chi connectivity index (χ1n) is 6.38. The highest BCUT2D eigenvalue weighted by atomic mass is 16.6. The number of nitrogens with two attached hydrogens (primary N) is 1. The number of nitrogens with zero attached hydrogens (tertiary/aromatic N) is 1. The lowest BCUT2D eigenvalue weighted by Gasteiger charge is -2.06. The Morgan fingerprint density at radius 1 is 1.32 bits per heavy atom. The Bertz CT molecular complexity index is 733. The van der Waals surface area contributed by atoms with Crippen molar-refractivity contribution < 1.29 is 19.2 Å². The van der Waals surface area contributed by atoms with E-state index in [0.717, 1.165) is 0 Å². The lowest BCUT2D eigenvalue weighted by molar-refractivity contribution is -0.384. The minimum absolute atomic E-state index is 0.0388. The SMILES string of the molecule is CCOC(=O)c1c[nH]c(C(N)=O)c1-c1ccc([N+](=O)[O-])cc1. The number of carbonyl (C=O) groups is 2. The maximum Gasteiger partial charge on any atom is 0.340 e. The van der Waals surface area contributed by atoms with Crippen molar-refractivity contribution in [2.45, 2.75) is 6.92 Å². The summed E-state index contributed by atoms with van der Waals surface area (Å²) in [6, 6.07) is 5.44. The van der Waals surface area contributed by atoms with Gasteiger partial charge >= 0.3 is 5.97 Å². The summed E-state index contributed by atoms with van der Waals surface area (Å²) in [5.74, 6) is -1.36. The standard InChI is InChI=1S/C14H13N3O5/c1-2-22-14(19)10-7-16-12(13(15)18)11(10)8-3-5-9(6-4-8)17(20)21/h3-7,16H,2H2,1H3,(H2,15,18). The summed E-state index contributed by atoms with van der Waals surface area (Å²) in [7, 11) is 0. The maximum atomic E-state index is 11.9. The van der Waals surface area contributed by atoms with Crippen molar-refractivity contribution in [1.29, 1.82) is 0 Å². The molecule has 0 atom stereocenters. The highest BCUT2D eigenvalue weighted by molar-refractivity contribution is 6.06. The van der Waals surface area contributed by atoms with Crippen LogP contribution in [0.15, 0.2) is 30.5 Å². The second-order valence-electron chi connectivity index (χ2n) is 4.34. The van der Waals surface area contributed by atoms with E-state index in [9.17, 15) is 19.7 Å². The van der Waals surface area contributed by atoms with Crippen LogP contribution in [0.25, 0.3) is 11.1 Å². The first-order chi connectivity index (χ1) is 10.5. The fraction of sp³-hybridized carbons (Fsp3) is 0.143. The molecule has 0 aliphatic rings. The summed E-state index contributed by atoms with van der Waals surface area (Å²) < 4.78 is 4.93. The molecule has 0 aliphatic carbocycles. The normalized spacial score (nSPS) is 10.2. The average molecular weight is 303 g/mol. The number of nitrogens with one attached hydrogen (secondary N) is 1. The third kappa shape index (κ3) is 2.80. The van der Waals surface area contributed by atoms with E-state index in [4.69, 9.17) is 10.5 Å². The number of primary amides is 1. The second kappa shape index (κ2) is 6.08. The first kappa shape index (κ1) is 15.2. The minimum atomic E-state index is -0.746. The van der Waals surface area contributed by atoms with Gasteiger partial charge in [0.05, 0.1) is 17.1 Å². The number of ether oxygens (including phenoxy) is 1. The average Bonchev–Trinajstić information content (AvgIpc) is 2.92. The molecule has 0 radical (unpaired) electrons. The van der Waals surface area contributed by atoms with Crippen molar-refractivity contribution in [3.8, 4) is 11.1 Å². The van der Waals surface area contributed by atoms with Gasteiger partial charge in [-0.25, -0.2) is 4.79 Å². The molecule has 2 rings (SSSR count). The van der Waals surface area contributed by atoms with Crippen LogP contribution in [-0.4, -0.2) is 28.4 Å². The van der Waals surface area contributed by atoms with Gasteiger partial charge in [-0.2, -0.15) is 0 Å². The van der Waals surface area contributed by atoms with E-state index >= 15 is 0 Å². The zero-order chi connectivity index (χ0) is 16.3. The van der Waals surface area contributed by atoms with Crippen LogP contribution < -0.4 is 5.73 Å². The molecule has 2 aromatic rings. The summed E-state index contributed by atoms with van der Waals surface area (Å²) in [4.78, 5) is 36.2. The van der Waals surface area contributed by atoms with Crippen LogP contribution in [0.4, 0.5) is 5.69 Å². The number of non-ortho nitro benzene ring substituents is 1. The van der Waals surface area contributed by atoms with E-state index in [0.29, 0.717) is 5.56 Å². The van der Waals surface area contributed by atoms with Gasteiger partial charge in [0, 0.05) is 23.9 Å². The Labute approximate surface area is 125 Å². The number of H-pyrrole nitrogens is 1. The first-order valence-corrected chi connectivity index (χ1v) is 6.38. The monoisotopic (exact) mass is 303 g/mol. The summed E-state index contributed by atoms with van der Waals surface area (Å²) in [5.41, 5.74) is 6.08. The molecule has 0 fully saturated rings. The summed E-state index contributed by atoms with van der Waals surface area (Å²) in [6.07, 6.45) is 1.33. The summed E-state index contributed by atoms with van der Waals surface area (Å²) in [5, 5.41) is 10.7. The Hall–Kier alpha value is -3.16. The summed E-state index contributed by atoms with van der Waals surface area (Å²) >= 11 is 0. The number of aromatic nitrogens is 1. The van der Waals surface area contributed by atoms with Crippen molar-refractivity contribution in [1.82, 2.24) is 4.98 Å². The molecule has 114 valence electrons. The van der Waals surface area contributed by atoms with E-state index < -0.39 is 16.8 Å². The molecule has 8 heteroatoms. The van der Waals surface area contributed by atoms with Gasteiger partial charge in [0.25, 0.3) is 11.6 Å². The molecule has 0 spiro atoms. The number of nitro benzene ring substituents is 1. The number of esters is 1. The maximum absolute atomic E-state index is 11.9. The van der Waals surface area contributed by atoms with Crippen LogP contribution in [0.5, 0.6) is 0 Å². The number of benzene rings is 1. The second-order valence-corrected chi connectivity index (χ2v) is 4.34. The van der Waals surface area contributed by atoms with Crippen molar-refractivity contribution in [2.75, 3.05) is 6.61 Å². The van der Waals surface area contributed by atoms with Crippen molar-refractivity contribution in [2.24, 2.45) is 5.73 Å². The minimum Gasteiger partial charge on any atom is -0.462 e. The fourth-order valence-electron chi connectivity index (χ4n) is 2.04. The lowest BCUT2D eigenvalue weighted by Crippen LogP contribution is -2.13. The van der Waals surface area contributed by atoms with Gasteiger partial charge in [0.1, 0.15) is 5.69 Å². The van der Waals surface area contributed by atoms with Gasteiger partial charge < -0.3 is 15.5 Å². The summed E-state index contributed by atoms with van der Waals surface area (Å²) in [6.45, 7) is 1.83. The Morgan fingerprint density at radius 3 is 2.45 bits per heavy atom. The number of nitro groups is 1. The van der Waals surface area contributed by atoms with Crippen molar-refractivity contribution in [3.05, 3.63) is 51.8 Å². The highest BCUT2D eigenvalue weighted by Gasteiger charge is 2.23. The number of aromatic amines is 1. The van der Waals surface area contributed by atoms with E-state index in [-0.39, 0.29) is 29.1 Å². The molecule has 0 saturated heterocycles. The van der Waals surface area contributed by atoms with Gasteiger partial charge in [0.2, 0.25) is 0 Å². The fourth-order valence-corrected chi connectivity index (χ4v) is 2.04. The predicted octanol–water partition coefficient (Wildman–Crippen LogP) is 1.87. The van der Waals surface area contributed by atoms with Gasteiger partial charge in [0.15, 0.2) is 0 Å². The zero-order valence-corrected chi connectivity index (χ0v) is 11.7. The van der Waals surface area contributed by atoms with Crippen LogP contribution in [-0.2, 0) is 4.74 Å². The topological polar surface area (TPSA) is 128 Å². The smallest absolute Gasteiger partial charge is 0.340 e. The molecule has 22 heavy (non-hydrogen) atoms. The van der Waals surface area contributed by atoms with Crippen LogP contribution in [0.2, 0.25) is 0 Å². The van der Waals surface area contributed by atoms with E-state index in [1.165, 1.54) is 30.5 Å². The van der Waals surface area contributed by atoms with E-state index in [1.807, 2.05) is 0 Å². The molecule has 0 unspecified atom stereocenters. The van der Waals surface area contributed by atoms with E-state index in [1.54, 1.807) is 6.92 Å². The van der Waals surface area contributed by atoms with Gasteiger partial charge in [-0.15, -0.1) is 0 Å². The number of amides is 1. The lowest BCUT2D eigenvalue weighted by atomic mass is 10.0. The molecule has 0 saturated carbocycles. The molecule has 1 aromatic heterocycles. The molecule has 3 N–H and O–H groups in total.